The molecule has 0 radical (unpaired) electrons. The number of carbonyl (C=O) groups is 3. The highest BCUT2D eigenvalue weighted by Crippen LogP contribution is 2.01. The SMILES string of the molecule is CNCCCCC(NC)C(=O)NCCOCCOCCN.CNCCCCC(NC)C(=O)NCCOCCOCCNC(C)=O. The minimum atomic E-state index is -0.154. The molecule has 0 saturated carbocycles. The monoisotopic (exact) mass is 651 g/mol. The van der Waals surface area contributed by atoms with Crippen LogP contribution < -0.4 is 43.0 Å². The highest BCUT2D eigenvalue weighted by Gasteiger charge is 2.15. The highest BCUT2D eigenvalue weighted by atomic mass is 16.5. The van der Waals surface area contributed by atoms with Gasteiger partial charge < -0.3 is 61.9 Å². The third kappa shape index (κ3) is 33.2. The summed E-state index contributed by atoms with van der Waals surface area (Å²) in [6.07, 6.45) is 5.84. The quantitative estimate of drug-likeness (QED) is 0.0398. The number of nitrogens with one attached hydrogen (secondary N) is 7. The van der Waals surface area contributed by atoms with E-state index in [2.05, 4.69) is 37.2 Å². The van der Waals surface area contributed by atoms with Gasteiger partial charge in [-0.25, -0.2) is 0 Å². The predicted molar refractivity (Wildman–Crippen MR) is 178 cm³/mol. The molecular formula is C30H66N8O7. The fourth-order valence-electron chi connectivity index (χ4n) is 3.88. The van der Waals surface area contributed by atoms with Crippen molar-refractivity contribution in [1.82, 2.24) is 37.2 Å². The first-order valence-electron chi connectivity index (χ1n) is 16.3. The van der Waals surface area contributed by atoms with Gasteiger partial charge in [0, 0.05) is 33.1 Å². The number of ether oxygens (including phenoxy) is 4. The topological polar surface area (TPSA) is 198 Å². The molecule has 0 bridgehead atoms. The van der Waals surface area contributed by atoms with Crippen LogP contribution in [0.4, 0.5) is 0 Å². The second-order valence-electron chi connectivity index (χ2n) is 10.2. The molecule has 0 fully saturated rings. The van der Waals surface area contributed by atoms with E-state index in [1.165, 1.54) is 6.92 Å². The Hall–Kier alpha value is -1.95. The largest absolute Gasteiger partial charge is 0.378 e. The molecule has 0 heterocycles. The van der Waals surface area contributed by atoms with E-state index in [9.17, 15) is 14.4 Å². The molecule has 0 rings (SSSR count). The minimum absolute atomic E-state index is 0.0112. The van der Waals surface area contributed by atoms with E-state index in [4.69, 9.17) is 24.7 Å². The maximum Gasteiger partial charge on any atom is 0.237 e. The molecule has 0 aliphatic rings. The number of hydrogen-bond acceptors (Lipinski definition) is 12. The predicted octanol–water partition coefficient (Wildman–Crippen LogP) is -1.68. The number of carbonyl (C=O) groups excluding carboxylic acids is 3. The van der Waals surface area contributed by atoms with Gasteiger partial charge in [-0.05, 0) is 67.0 Å². The maximum atomic E-state index is 12.0. The van der Waals surface area contributed by atoms with E-state index < -0.39 is 0 Å². The second kappa shape index (κ2) is 36.5. The average molecular weight is 651 g/mol. The van der Waals surface area contributed by atoms with Gasteiger partial charge in [-0.3, -0.25) is 14.4 Å². The first kappa shape index (κ1) is 45.2. The van der Waals surface area contributed by atoms with Crippen LogP contribution in [0.1, 0.15) is 45.4 Å². The van der Waals surface area contributed by atoms with Crippen molar-refractivity contribution in [2.75, 3.05) is 120 Å². The van der Waals surface area contributed by atoms with Crippen LogP contribution in [0, 0.1) is 0 Å². The van der Waals surface area contributed by atoms with Crippen molar-refractivity contribution >= 4 is 17.7 Å². The van der Waals surface area contributed by atoms with Crippen molar-refractivity contribution in [1.29, 1.82) is 0 Å². The van der Waals surface area contributed by atoms with Gasteiger partial charge in [0.15, 0.2) is 0 Å². The molecule has 0 spiro atoms. The molecule has 0 aromatic carbocycles. The molecule has 0 aliphatic heterocycles. The Morgan fingerprint density at radius 1 is 0.533 bits per heavy atom. The van der Waals surface area contributed by atoms with E-state index in [1.54, 1.807) is 7.05 Å². The molecule has 15 heteroatoms. The fraction of sp³-hybridized carbons (Fsp3) is 0.900. The third-order valence-corrected chi connectivity index (χ3v) is 6.39. The molecule has 0 saturated heterocycles. The van der Waals surface area contributed by atoms with Crippen molar-refractivity contribution < 1.29 is 33.3 Å². The highest BCUT2D eigenvalue weighted by molar-refractivity contribution is 5.82. The Labute approximate surface area is 271 Å². The molecule has 0 aromatic heterocycles. The van der Waals surface area contributed by atoms with Crippen molar-refractivity contribution in [2.24, 2.45) is 5.73 Å². The van der Waals surface area contributed by atoms with Crippen LogP contribution in [-0.4, -0.2) is 150 Å². The Morgan fingerprint density at radius 2 is 0.911 bits per heavy atom. The molecule has 2 unspecified atom stereocenters. The minimum Gasteiger partial charge on any atom is -0.378 e. The summed E-state index contributed by atoms with van der Waals surface area (Å²) in [6.45, 7) is 9.43. The van der Waals surface area contributed by atoms with Crippen LogP contribution in [-0.2, 0) is 33.3 Å². The van der Waals surface area contributed by atoms with Crippen molar-refractivity contribution in [3.05, 3.63) is 0 Å². The second-order valence-corrected chi connectivity index (χ2v) is 10.2. The normalized spacial score (nSPS) is 12.1. The van der Waals surface area contributed by atoms with E-state index in [-0.39, 0.29) is 29.8 Å². The van der Waals surface area contributed by atoms with Crippen LogP contribution in [0.2, 0.25) is 0 Å². The first-order chi connectivity index (χ1) is 21.9. The lowest BCUT2D eigenvalue weighted by molar-refractivity contribution is -0.124. The van der Waals surface area contributed by atoms with Gasteiger partial charge in [-0.2, -0.15) is 0 Å². The number of nitrogens with two attached hydrogens (primary N) is 1. The van der Waals surface area contributed by atoms with Gasteiger partial charge in [0.25, 0.3) is 0 Å². The van der Waals surface area contributed by atoms with E-state index in [0.717, 1.165) is 51.6 Å². The summed E-state index contributed by atoms with van der Waals surface area (Å²) >= 11 is 0. The standard InChI is InChI=1S/C16H34N4O4.C14H32N4O3/c1-14(21)19-8-10-23-12-13-24-11-9-20-16(22)15(18-3)6-4-5-7-17-2;1-16-7-4-3-5-13(17-2)14(19)18-8-10-21-12-11-20-9-6-15/h15,17-18H,4-13H2,1-3H3,(H,19,21)(H,20,22);13,16-17H,3-12,15H2,1-2H3,(H,18,19). The Bertz CT molecular complexity index is 680. The Balaban J connectivity index is 0. The van der Waals surface area contributed by atoms with Crippen LogP contribution in [0.3, 0.4) is 0 Å². The van der Waals surface area contributed by atoms with Gasteiger partial charge >= 0.3 is 0 Å². The smallest absolute Gasteiger partial charge is 0.237 e. The Morgan fingerprint density at radius 3 is 1.24 bits per heavy atom. The molecule has 2 atom stereocenters. The fourth-order valence-corrected chi connectivity index (χ4v) is 3.88. The zero-order chi connectivity index (χ0) is 33.8. The van der Waals surface area contributed by atoms with Gasteiger partial charge in [-0.15, -0.1) is 0 Å². The maximum absolute atomic E-state index is 12.0. The molecule has 0 aliphatic carbocycles. The summed E-state index contributed by atoms with van der Waals surface area (Å²) < 4.78 is 21.2. The van der Waals surface area contributed by atoms with Crippen LogP contribution >= 0.6 is 0 Å². The summed E-state index contributed by atoms with van der Waals surface area (Å²) in [6, 6.07) is -0.284. The number of rotatable bonds is 31. The Kier molecular flexibility index (Phi) is 36.7. The molecule has 0 aromatic rings. The molecule has 45 heavy (non-hydrogen) atoms. The lowest BCUT2D eigenvalue weighted by atomic mass is 10.1. The summed E-state index contributed by atoms with van der Waals surface area (Å²) in [7, 11) is 7.48. The first-order valence-corrected chi connectivity index (χ1v) is 16.3. The van der Waals surface area contributed by atoms with Gasteiger partial charge in [-0.1, -0.05) is 12.8 Å². The van der Waals surface area contributed by atoms with Crippen molar-refractivity contribution in [2.45, 2.75) is 57.5 Å². The molecule has 3 amide bonds. The number of hydrogen-bond donors (Lipinski definition) is 8. The lowest BCUT2D eigenvalue weighted by Crippen LogP contribution is -2.43. The average Bonchev–Trinajstić information content (AvgIpc) is 3.03. The number of likely N-dealkylation sites (N-methyl/N-ethyl adjacent to an activating group) is 2. The summed E-state index contributed by atoms with van der Waals surface area (Å²) in [5, 5.41) is 20.7. The molecule has 9 N–H and O–H groups in total. The summed E-state index contributed by atoms with van der Waals surface area (Å²) in [4.78, 5) is 34.6. The van der Waals surface area contributed by atoms with E-state index >= 15 is 0 Å². The van der Waals surface area contributed by atoms with E-state index in [1.807, 2.05) is 21.1 Å². The number of unbranched alkanes of at least 4 members (excludes halogenated alkanes) is 2. The van der Waals surface area contributed by atoms with Crippen molar-refractivity contribution in [3.63, 3.8) is 0 Å². The molecule has 15 nitrogen and oxygen atoms in total. The lowest BCUT2D eigenvalue weighted by Gasteiger charge is -2.16. The van der Waals surface area contributed by atoms with Crippen LogP contribution in [0.15, 0.2) is 0 Å². The van der Waals surface area contributed by atoms with E-state index in [0.29, 0.717) is 79.0 Å². The van der Waals surface area contributed by atoms with Gasteiger partial charge in [0.2, 0.25) is 17.7 Å². The molecular weight excluding hydrogens is 584 g/mol. The van der Waals surface area contributed by atoms with Crippen molar-refractivity contribution in [3.8, 4) is 0 Å². The van der Waals surface area contributed by atoms with Gasteiger partial charge in [0.1, 0.15) is 0 Å². The summed E-state index contributed by atoms with van der Waals surface area (Å²) in [5.74, 6) is -0.0189. The molecule has 268 valence electrons. The van der Waals surface area contributed by atoms with Crippen LogP contribution in [0.5, 0.6) is 0 Å². The summed E-state index contributed by atoms with van der Waals surface area (Å²) in [5.41, 5.74) is 5.29. The zero-order valence-electron chi connectivity index (χ0n) is 28.7. The van der Waals surface area contributed by atoms with Gasteiger partial charge in [0.05, 0.1) is 64.9 Å². The third-order valence-electron chi connectivity index (χ3n) is 6.39. The van der Waals surface area contributed by atoms with Crippen LogP contribution in [0.25, 0.3) is 0 Å². The number of amides is 3. The zero-order valence-corrected chi connectivity index (χ0v) is 28.7.